The summed E-state index contributed by atoms with van der Waals surface area (Å²) in [4.78, 5) is 24.8. The van der Waals surface area contributed by atoms with E-state index in [1.54, 1.807) is 6.92 Å². The van der Waals surface area contributed by atoms with Gasteiger partial charge in [-0.05, 0) is 41.5 Å². The third-order valence-corrected chi connectivity index (χ3v) is 1.97. The third kappa shape index (κ3) is 6.81. The molecule has 1 N–H and O–H groups in total. The lowest BCUT2D eigenvalue weighted by molar-refractivity contribution is -0.144. The molecule has 2 amide bonds. The van der Waals surface area contributed by atoms with E-state index in [2.05, 4.69) is 5.32 Å². The van der Waals surface area contributed by atoms with Crippen molar-refractivity contribution >= 4 is 12.0 Å². The fourth-order valence-electron chi connectivity index (χ4n) is 1.23. The molecule has 0 aromatic carbocycles. The normalized spacial score (nSPS) is 11.2. The van der Waals surface area contributed by atoms with Gasteiger partial charge in [0.05, 0.1) is 6.61 Å². The molecule has 0 saturated carbocycles. The van der Waals surface area contributed by atoms with Gasteiger partial charge in [0.25, 0.3) is 0 Å². The summed E-state index contributed by atoms with van der Waals surface area (Å²) in [6.45, 7) is 11.5. The van der Waals surface area contributed by atoms with Gasteiger partial charge in [-0.3, -0.25) is 4.79 Å². The van der Waals surface area contributed by atoms with Crippen molar-refractivity contribution in [3.8, 4) is 0 Å². The van der Waals surface area contributed by atoms with Crippen molar-refractivity contribution in [1.29, 1.82) is 0 Å². The molecule has 0 heterocycles. The minimum atomic E-state index is -0.384. The summed E-state index contributed by atoms with van der Waals surface area (Å²) in [5.74, 6) is -0.384. The molecule has 0 aliphatic rings. The first-order chi connectivity index (χ1) is 7.67. The van der Waals surface area contributed by atoms with Crippen LogP contribution in [0.5, 0.6) is 0 Å². The zero-order valence-electron chi connectivity index (χ0n) is 11.7. The highest BCUT2D eigenvalue weighted by atomic mass is 16.5. The van der Waals surface area contributed by atoms with Crippen LogP contribution in [-0.4, -0.2) is 41.6 Å². The van der Waals surface area contributed by atoms with Crippen molar-refractivity contribution in [2.24, 2.45) is 0 Å². The second-order valence-electron chi connectivity index (χ2n) is 5.21. The van der Waals surface area contributed by atoms with E-state index in [1.165, 1.54) is 4.90 Å². The summed E-state index contributed by atoms with van der Waals surface area (Å²) >= 11 is 0. The summed E-state index contributed by atoms with van der Waals surface area (Å²) in [5.41, 5.74) is -0.321. The molecule has 0 saturated heterocycles. The molecule has 0 unspecified atom stereocenters. The van der Waals surface area contributed by atoms with E-state index in [0.29, 0.717) is 6.61 Å². The Kier molecular flexibility index (Phi) is 5.99. The molecule has 0 spiro atoms. The lowest BCUT2D eigenvalue weighted by Gasteiger charge is -2.30. The first kappa shape index (κ1) is 15.7. The van der Waals surface area contributed by atoms with Gasteiger partial charge in [0.2, 0.25) is 0 Å². The number of nitrogens with one attached hydrogen (secondary N) is 1. The quantitative estimate of drug-likeness (QED) is 0.767. The number of hydrogen-bond donors (Lipinski definition) is 1. The molecule has 5 nitrogen and oxygen atoms in total. The van der Waals surface area contributed by atoms with Crippen molar-refractivity contribution in [1.82, 2.24) is 10.2 Å². The number of rotatable bonds is 4. The monoisotopic (exact) mass is 244 g/mol. The van der Waals surface area contributed by atoms with Crippen LogP contribution in [0.1, 0.15) is 41.5 Å². The van der Waals surface area contributed by atoms with Crippen molar-refractivity contribution in [2.45, 2.75) is 53.1 Å². The molecule has 100 valence electrons. The van der Waals surface area contributed by atoms with E-state index in [4.69, 9.17) is 4.74 Å². The molecule has 0 bridgehead atoms. The highest BCUT2D eigenvalue weighted by molar-refractivity contribution is 5.81. The third-order valence-electron chi connectivity index (χ3n) is 1.97. The Morgan fingerprint density at radius 1 is 1.29 bits per heavy atom. The molecule has 0 fully saturated rings. The molecular formula is C12H24N2O3. The van der Waals surface area contributed by atoms with Crippen LogP contribution in [-0.2, 0) is 9.53 Å². The smallest absolute Gasteiger partial charge is 0.325 e. The van der Waals surface area contributed by atoms with Crippen LogP contribution in [0.15, 0.2) is 0 Å². The minimum Gasteiger partial charge on any atom is -0.465 e. The lowest BCUT2D eigenvalue weighted by Crippen LogP contribution is -2.52. The summed E-state index contributed by atoms with van der Waals surface area (Å²) in [6.07, 6.45) is 0. The van der Waals surface area contributed by atoms with Crippen LogP contribution in [0.2, 0.25) is 0 Å². The lowest BCUT2D eigenvalue weighted by atomic mass is 10.1. The first-order valence-electron chi connectivity index (χ1n) is 5.91. The predicted molar refractivity (Wildman–Crippen MR) is 66.8 cm³/mol. The summed E-state index contributed by atoms with van der Waals surface area (Å²) in [6, 6.07) is -0.303. The largest absolute Gasteiger partial charge is 0.465 e. The van der Waals surface area contributed by atoms with E-state index in [0.717, 1.165) is 0 Å². The van der Waals surface area contributed by atoms with Gasteiger partial charge in [-0.1, -0.05) is 0 Å². The van der Waals surface area contributed by atoms with Gasteiger partial charge in [-0.25, -0.2) is 4.79 Å². The number of urea groups is 1. The van der Waals surface area contributed by atoms with E-state index >= 15 is 0 Å². The highest BCUT2D eigenvalue weighted by Crippen LogP contribution is 2.05. The van der Waals surface area contributed by atoms with E-state index in [1.807, 2.05) is 34.6 Å². The van der Waals surface area contributed by atoms with Crippen molar-refractivity contribution in [2.75, 3.05) is 13.2 Å². The predicted octanol–water partition coefficient (Wildman–Crippen LogP) is 1.77. The number of amides is 2. The first-order valence-corrected chi connectivity index (χ1v) is 5.91. The highest BCUT2D eigenvalue weighted by Gasteiger charge is 2.24. The Bertz CT molecular complexity index is 269. The van der Waals surface area contributed by atoms with E-state index < -0.39 is 0 Å². The minimum absolute atomic E-state index is 0.0204. The maximum absolute atomic E-state index is 11.9. The molecule has 0 radical (unpaired) electrons. The number of carbonyl (C=O) groups excluding carboxylic acids is 2. The summed E-state index contributed by atoms with van der Waals surface area (Å²) < 4.78 is 4.84. The van der Waals surface area contributed by atoms with Gasteiger partial charge in [0.1, 0.15) is 6.54 Å². The second kappa shape index (κ2) is 6.47. The Morgan fingerprint density at radius 3 is 2.18 bits per heavy atom. The molecule has 17 heavy (non-hydrogen) atoms. The molecular weight excluding hydrogens is 220 g/mol. The SMILES string of the molecule is CCOC(=O)CN(C(=O)NC(C)(C)C)C(C)C. The average molecular weight is 244 g/mol. The molecule has 0 atom stereocenters. The second-order valence-corrected chi connectivity index (χ2v) is 5.21. The maximum atomic E-state index is 11.9. The number of hydrogen-bond acceptors (Lipinski definition) is 3. The fraction of sp³-hybridized carbons (Fsp3) is 0.833. The molecule has 5 heteroatoms. The van der Waals surface area contributed by atoms with Crippen LogP contribution < -0.4 is 5.32 Å². The Morgan fingerprint density at radius 2 is 1.82 bits per heavy atom. The van der Waals surface area contributed by atoms with Crippen LogP contribution in [0, 0.1) is 0 Å². The Hall–Kier alpha value is -1.26. The van der Waals surface area contributed by atoms with Gasteiger partial charge in [0, 0.05) is 11.6 Å². The molecule has 0 rings (SSSR count). The molecule has 0 aromatic rings. The van der Waals surface area contributed by atoms with Crippen LogP contribution in [0.25, 0.3) is 0 Å². The Balaban J connectivity index is 4.53. The van der Waals surface area contributed by atoms with Crippen LogP contribution >= 0.6 is 0 Å². The Labute approximate surface area is 103 Å². The summed E-state index contributed by atoms with van der Waals surface area (Å²) in [5, 5.41) is 2.83. The van der Waals surface area contributed by atoms with Gasteiger partial charge >= 0.3 is 12.0 Å². The average Bonchev–Trinajstić information content (AvgIpc) is 2.11. The summed E-state index contributed by atoms with van der Waals surface area (Å²) in [7, 11) is 0. The van der Waals surface area contributed by atoms with Crippen LogP contribution in [0.3, 0.4) is 0 Å². The molecule has 0 aromatic heterocycles. The van der Waals surface area contributed by atoms with E-state index in [9.17, 15) is 9.59 Å². The number of ether oxygens (including phenoxy) is 1. The maximum Gasteiger partial charge on any atom is 0.325 e. The standard InChI is InChI=1S/C12H24N2O3/c1-7-17-10(15)8-14(9(2)3)11(16)13-12(4,5)6/h9H,7-8H2,1-6H3,(H,13,16). The van der Waals surface area contributed by atoms with Crippen LogP contribution in [0.4, 0.5) is 4.79 Å². The van der Waals surface area contributed by atoms with Gasteiger partial charge < -0.3 is 15.0 Å². The van der Waals surface area contributed by atoms with Crippen molar-refractivity contribution < 1.29 is 14.3 Å². The topological polar surface area (TPSA) is 58.6 Å². The number of carbonyl (C=O) groups is 2. The fourth-order valence-corrected chi connectivity index (χ4v) is 1.23. The van der Waals surface area contributed by atoms with E-state index in [-0.39, 0.29) is 30.1 Å². The number of nitrogens with zero attached hydrogens (tertiary/aromatic N) is 1. The number of esters is 1. The van der Waals surface area contributed by atoms with Gasteiger partial charge in [0.15, 0.2) is 0 Å². The zero-order chi connectivity index (χ0) is 13.6. The zero-order valence-corrected chi connectivity index (χ0v) is 11.7. The molecule has 0 aliphatic heterocycles. The van der Waals surface area contributed by atoms with Gasteiger partial charge in [-0.15, -0.1) is 0 Å². The van der Waals surface area contributed by atoms with Crippen molar-refractivity contribution in [3.63, 3.8) is 0 Å². The molecule has 0 aliphatic carbocycles. The van der Waals surface area contributed by atoms with Gasteiger partial charge in [-0.2, -0.15) is 0 Å². The van der Waals surface area contributed by atoms with Crippen molar-refractivity contribution in [3.05, 3.63) is 0 Å².